The smallest absolute Gasteiger partial charge is 0.203 e. The van der Waals surface area contributed by atoms with Crippen LogP contribution in [0.15, 0.2) is 66.1 Å². The van der Waals surface area contributed by atoms with Gasteiger partial charge in [0.05, 0.1) is 36.5 Å². The first-order valence-electron chi connectivity index (χ1n) is 11.7. The first kappa shape index (κ1) is 22.9. The second kappa shape index (κ2) is 9.42. The van der Waals surface area contributed by atoms with Gasteiger partial charge in [-0.3, -0.25) is 9.48 Å². The van der Waals surface area contributed by atoms with Crippen LogP contribution >= 0.6 is 0 Å². The maximum absolute atomic E-state index is 12.5. The Labute approximate surface area is 203 Å². The van der Waals surface area contributed by atoms with Crippen molar-refractivity contribution in [1.82, 2.24) is 29.5 Å². The predicted molar refractivity (Wildman–Crippen MR) is 130 cm³/mol. The van der Waals surface area contributed by atoms with Gasteiger partial charge in [-0.05, 0) is 44.2 Å². The Bertz CT molecular complexity index is 1370. The van der Waals surface area contributed by atoms with Crippen LogP contribution in [0, 0.1) is 0 Å². The molecule has 1 aromatic carbocycles. The molecule has 9 nitrogen and oxygen atoms in total. The van der Waals surface area contributed by atoms with Crippen LogP contribution in [0.3, 0.4) is 0 Å². The minimum Gasteiger partial charge on any atom is -0.487 e. The molecule has 1 N–H and O–H groups in total. The van der Waals surface area contributed by atoms with Crippen molar-refractivity contribution in [2.75, 3.05) is 0 Å². The van der Waals surface area contributed by atoms with E-state index in [1.165, 1.54) is 6.07 Å². The van der Waals surface area contributed by atoms with Crippen LogP contribution in [0.5, 0.6) is 5.75 Å². The van der Waals surface area contributed by atoms with Crippen molar-refractivity contribution in [3.05, 3.63) is 82.8 Å². The zero-order valence-electron chi connectivity index (χ0n) is 19.8. The summed E-state index contributed by atoms with van der Waals surface area (Å²) in [7, 11) is 1.83. The lowest BCUT2D eigenvalue weighted by Crippen LogP contribution is -2.34. The molecule has 0 radical (unpaired) electrons. The molecule has 3 aromatic heterocycles. The molecule has 4 aromatic rings. The van der Waals surface area contributed by atoms with Gasteiger partial charge in [-0.1, -0.05) is 18.2 Å². The minimum absolute atomic E-state index is 0.0714. The Morgan fingerprint density at radius 3 is 2.63 bits per heavy atom. The van der Waals surface area contributed by atoms with Crippen LogP contribution in [0.1, 0.15) is 43.9 Å². The van der Waals surface area contributed by atoms with E-state index >= 15 is 0 Å². The highest BCUT2D eigenvalue weighted by atomic mass is 16.5. The van der Waals surface area contributed by atoms with E-state index in [4.69, 9.17) is 4.74 Å². The molecule has 1 fully saturated rings. The highest BCUT2D eigenvalue weighted by Crippen LogP contribution is 2.30. The van der Waals surface area contributed by atoms with E-state index in [9.17, 15) is 9.90 Å². The van der Waals surface area contributed by atoms with Gasteiger partial charge in [0.15, 0.2) is 11.6 Å². The van der Waals surface area contributed by atoms with Crippen molar-refractivity contribution in [1.29, 1.82) is 0 Å². The second-order valence-electron chi connectivity index (χ2n) is 9.38. The van der Waals surface area contributed by atoms with Gasteiger partial charge in [-0.2, -0.15) is 10.2 Å². The molecule has 9 heteroatoms. The number of rotatable bonds is 6. The Balaban J connectivity index is 1.29. The number of aromatic nitrogens is 6. The van der Waals surface area contributed by atoms with Crippen LogP contribution < -0.4 is 10.2 Å². The van der Waals surface area contributed by atoms with Gasteiger partial charge < -0.3 is 9.84 Å². The lowest BCUT2D eigenvalue weighted by Gasteiger charge is -2.32. The molecule has 1 aliphatic carbocycles. The summed E-state index contributed by atoms with van der Waals surface area (Å²) < 4.78 is 9.36. The van der Waals surface area contributed by atoms with E-state index in [0.29, 0.717) is 23.7 Å². The lowest BCUT2D eigenvalue weighted by molar-refractivity contribution is -0.0109. The topological polar surface area (TPSA) is 108 Å². The third kappa shape index (κ3) is 5.46. The maximum atomic E-state index is 12.5. The summed E-state index contributed by atoms with van der Waals surface area (Å²) in [6.45, 7) is 1.87. The normalized spacial score (nSPS) is 20.0. The molecule has 5 rings (SSSR count). The molecule has 0 spiro atoms. The molecule has 0 amide bonds. The first-order chi connectivity index (χ1) is 16.8. The summed E-state index contributed by atoms with van der Waals surface area (Å²) in [5.41, 5.74) is 2.33. The molecule has 0 atom stereocenters. The Kier molecular flexibility index (Phi) is 6.17. The van der Waals surface area contributed by atoms with Crippen molar-refractivity contribution in [3.63, 3.8) is 0 Å². The second-order valence-corrected chi connectivity index (χ2v) is 9.38. The minimum atomic E-state index is -0.591. The summed E-state index contributed by atoms with van der Waals surface area (Å²) in [6.07, 6.45) is 12.1. The van der Waals surface area contributed by atoms with Gasteiger partial charge in [0.25, 0.3) is 0 Å². The van der Waals surface area contributed by atoms with E-state index in [0.717, 1.165) is 42.5 Å². The number of ether oxygens (including phenoxy) is 1. The third-order valence-corrected chi connectivity index (χ3v) is 6.33. The largest absolute Gasteiger partial charge is 0.487 e. The van der Waals surface area contributed by atoms with Crippen molar-refractivity contribution >= 4 is 0 Å². The van der Waals surface area contributed by atoms with Gasteiger partial charge in [0.1, 0.15) is 11.4 Å². The molecule has 1 saturated carbocycles. The third-order valence-electron chi connectivity index (χ3n) is 6.33. The molecule has 0 unspecified atom stereocenters. The fraction of sp³-hybridized carbons (Fsp3) is 0.346. The van der Waals surface area contributed by atoms with Crippen molar-refractivity contribution < 1.29 is 9.84 Å². The standard InChI is InChI=1S/C26H28N6O3/c1-26(34)9-6-21(7-10-26)35-22-15-27-25(28-16-22)19-5-3-4-18(12-19)13-23-24(33)8-11-32(30-23)20-14-29-31(2)17-20/h3-5,8,11-12,14-17,21,34H,6-7,9-10,13H2,1-2H3/t21-,26+. The predicted octanol–water partition coefficient (Wildman–Crippen LogP) is 3.09. The number of benzene rings is 1. The van der Waals surface area contributed by atoms with E-state index in [2.05, 4.69) is 20.2 Å². The average Bonchev–Trinajstić information content (AvgIpc) is 3.29. The van der Waals surface area contributed by atoms with Gasteiger partial charge in [0.2, 0.25) is 5.43 Å². The molecule has 0 bridgehead atoms. The maximum Gasteiger partial charge on any atom is 0.203 e. The van der Waals surface area contributed by atoms with Gasteiger partial charge in [0, 0.05) is 31.3 Å². The Morgan fingerprint density at radius 1 is 1.14 bits per heavy atom. The highest BCUT2D eigenvalue weighted by Gasteiger charge is 2.29. The summed E-state index contributed by atoms with van der Waals surface area (Å²) in [4.78, 5) is 21.4. The van der Waals surface area contributed by atoms with Crippen molar-refractivity contribution in [2.45, 2.75) is 50.7 Å². The quantitative estimate of drug-likeness (QED) is 0.459. The van der Waals surface area contributed by atoms with Crippen LogP contribution in [-0.4, -0.2) is 46.3 Å². The summed E-state index contributed by atoms with van der Waals surface area (Å²) in [6, 6.07) is 9.32. The van der Waals surface area contributed by atoms with Crippen molar-refractivity contribution in [3.8, 4) is 22.8 Å². The molecule has 1 aliphatic rings. The van der Waals surface area contributed by atoms with Crippen LogP contribution in [0.4, 0.5) is 0 Å². The molecular formula is C26H28N6O3. The SMILES string of the molecule is Cn1cc(-n2ccc(=O)c(Cc3cccc(-c4ncc(O[C@H]5CC[C@@](C)(O)CC5)cn4)c3)n2)cn1. The highest BCUT2D eigenvalue weighted by molar-refractivity contribution is 5.56. The van der Waals surface area contributed by atoms with E-state index in [1.807, 2.05) is 44.4 Å². The summed E-state index contributed by atoms with van der Waals surface area (Å²) >= 11 is 0. The monoisotopic (exact) mass is 472 g/mol. The van der Waals surface area contributed by atoms with Crippen LogP contribution in [0.25, 0.3) is 17.1 Å². The number of aliphatic hydroxyl groups is 1. The number of nitrogens with zero attached hydrogens (tertiary/aromatic N) is 6. The number of aryl methyl sites for hydroxylation is 1. The van der Waals surface area contributed by atoms with E-state index < -0.39 is 5.60 Å². The molecule has 0 aliphatic heterocycles. The zero-order chi connectivity index (χ0) is 24.4. The van der Waals surface area contributed by atoms with Gasteiger partial charge in [-0.15, -0.1) is 0 Å². The lowest BCUT2D eigenvalue weighted by atomic mass is 9.85. The van der Waals surface area contributed by atoms with Crippen LogP contribution in [0.2, 0.25) is 0 Å². The van der Waals surface area contributed by atoms with Crippen molar-refractivity contribution in [2.24, 2.45) is 7.05 Å². The molecule has 3 heterocycles. The fourth-order valence-electron chi connectivity index (χ4n) is 4.30. The van der Waals surface area contributed by atoms with E-state index in [-0.39, 0.29) is 11.5 Å². The number of hydrogen-bond donors (Lipinski definition) is 1. The molecule has 35 heavy (non-hydrogen) atoms. The average molecular weight is 473 g/mol. The van der Waals surface area contributed by atoms with Gasteiger partial charge >= 0.3 is 0 Å². The summed E-state index contributed by atoms with van der Waals surface area (Å²) in [5, 5.41) is 18.8. The molecular weight excluding hydrogens is 444 g/mol. The zero-order valence-corrected chi connectivity index (χ0v) is 19.8. The fourth-order valence-corrected chi connectivity index (χ4v) is 4.30. The first-order valence-corrected chi connectivity index (χ1v) is 11.7. The Morgan fingerprint density at radius 2 is 1.91 bits per heavy atom. The van der Waals surface area contributed by atoms with Crippen LogP contribution in [-0.2, 0) is 13.5 Å². The number of hydrogen-bond acceptors (Lipinski definition) is 7. The van der Waals surface area contributed by atoms with Gasteiger partial charge in [-0.25, -0.2) is 14.6 Å². The Hall–Kier alpha value is -3.85. The summed E-state index contributed by atoms with van der Waals surface area (Å²) in [5.74, 6) is 1.21. The van der Waals surface area contributed by atoms with E-state index in [1.54, 1.807) is 34.2 Å². The molecule has 180 valence electrons. The molecule has 0 saturated heterocycles.